The second kappa shape index (κ2) is 8.44. The molecule has 4 rings (SSSR count). The van der Waals surface area contributed by atoms with Gasteiger partial charge in [0.25, 0.3) is 0 Å². The molecule has 2 N–H and O–H groups in total. The molecule has 1 aromatic heterocycles. The van der Waals surface area contributed by atoms with Gasteiger partial charge in [-0.15, -0.1) is 0 Å². The van der Waals surface area contributed by atoms with Crippen LogP contribution >= 0.6 is 0 Å². The third kappa shape index (κ3) is 4.07. The average molecular weight is 369 g/mol. The summed E-state index contributed by atoms with van der Waals surface area (Å²) in [6.45, 7) is 1.11. The zero-order chi connectivity index (χ0) is 19.2. The van der Waals surface area contributed by atoms with Crippen molar-refractivity contribution in [2.45, 2.75) is 13.0 Å². The molecule has 0 fully saturated rings. The van der Waals surface area contributed by atoms with Crippen LogP contribution in [0.1, 0.15) is 11.1 Å². The van der Waals surface area contributed by atoms with Crippen LogP contribution in [0.25, 0.3) is 10.9 Å². The zero-order valence-corrected chi connectivity index (χ0v) is 15.6. The number of hydrogen-bond acceptors (Lipinski definition) is 1. The fraction of sp³-hybridized carbons (Fsp3) is 0.125. The van der Waals surface area contributed by atoms with Crippen LogP contribution in [0.15, 0.2) is 91.1 Å². The molecular weight excluding hydrogens is 346 g/mol. The molecule has 0 aliphatic heterocycles. The number of rotatable bonds is 6. The number of aromatic nitrogens is 1. The van der Waals surface area contributed by atoms with E-state index >= 15 is 0 Å². The first kappa shape index (κ1) is 17.9. The van der Waals surface area contributed by atoms with Gasteiger partial charge in [-0.2, -0.15) is 0 Å². The molecule has 0 unspecified atom stereocenters. The summed E-state index contributed by atoms with van der Waals surface area (Å²) in [5, 5.41) is 4.29. The predicted molar refractivity (Wildman–Crippen MR) is 114 cm³/mol. The number of carbonyl (C=O) groups is 1. The summed E-state index contributed by atoms with van der Waals surface area (Å²) < 4.78 is 0. The highest BCUT2D eigenvalue weighted by molar-refractivity contribution is 5.92. The Balaban J connectivity index is 1.45. The average Bonchev–Trinajstić information content (AvgIpc) is 3.16. The summed E-state index contributed by atoms with van der Waals surface area (Å²) in [5.41, 5.74) is 4.32. The van der Waals surface area contributed by atoms with E-state index in [2.05, 4.69) is 22.4 Å². The van der Waals surface area contributed by atoms with Gasteiger partial charge < -0.3 is 10.3 Å². The van der Waals surface area contributed by atoms with Gasteiger partial charge in [-0.05, 0) is 35.7 Å². The highest BCUT2D eigenvalue weighted by atomic mass is 16.2. The van der Waals surface area contributed by atoms with Gasteiger partial charge in [-0.3, -0.25) is 4.90 Å². The van der Waals surface area contributed by atoms with Crippen LogP contribution in [-0.4, -0.2) is 17.6 Å². The van der Waals surface area contributed by atoms with Crippen molar-refractivity contribution in [3.8, 4) is 0 Å². The Morgan fingerprint density at radius 2 is 1.54 bits per heavy atom. The lowest BCUT2D eigenvalue weighted by Gasteiger charge is -2.23. The van der Waals surface area contributed by atoms with E-state index in [0.29, 0.717) is 13.1 Å². The van der Waals surface area contributed by atoms with Crippen LogP contribution < -0.4 is 10.2 Å². The van der Waals surface area contributed by atoms with Crippen LogP contribution in [0, 0.1) is 0 Å². The maximum Gasteiger partial charge on any atom is 0.322 e. The minimum Gasteiger partial charge on any atom is -0.361 e. The molecule has 0 saturated heterocycles. The van der Waals surface area contributed by atoms with Crippen LogP contribution in [0.2, 0.25) is 0 Å². The van der Waals surface area contributed by atoms with Gasteiger partial charge in [-0.25, -0.2) is 4.79 Å². The highest BCUT2D eigenvalue weighted by Crippen LogP contribution is 2.19. The van der Waals surface area contributed by atoms with E-state index in [-0.39, 0.29) is 6.03 Å². The van der Waals surface area contributed by atoms with E-state index in [1.807, 2.05) is 79.0 Å². The maximum absolute atomic E-state index is 12.9. The van der Waals surface area contributed by atoms with Gasteiger partial charge in [0.2, 0.25) is 0 Å². The predicted octanol–water partition coefficient (Wildman–Crippen LogP) is 5.13. The first-order valence-corrected chi connectivity index (χ1v) is 9.50. The molecule has 140 valence electrons. The molecule has 1 heterocycles. The number of urea groups is 1. The largest absolute Gasteiger partial charge is 0.361 e. The van der Waals surface area contributed by atoms with E-state index in [1.54, 1.807) is 4.90 Å². The quantitative estimate of drug-likeness (QED) is 0.486. The van der Waals surface area contributed by atoms with Crippen molar-refractivity contribution in [3.05, 3.63) is 102 Å². The van der Waals surface area contributed by atoms with Crippen LogP contribution in [-0.2, 0) is 13.0 Å². The van der Waals surface area contributed by atoms with Gasteiger partial charge in [0.1, 0.15) is 0 Å². The SMILES string of the molecule is O=C(NCCc1c[nH]c2ccccc12)N(Cc1ccccc1)c1ccccc1. The van der Waals surface area contributed by atoms with E-state index in [9.17, 15) is 4.79 Å². The van der Waals surface area contributed by atoms with Crippen molar-refractivity contribution in [3.63, 3.8) is 0 Å². The summed E-state index contributed by atoms with van der Waals surface area (Å²) >= 11 is 0. The number of fused-ring (bicyclic) bond motifs is 1. The monoisotopic (exact) mass is 369 g/mol. The standard InChI is InChI=1S/C24H23N3O/c28-24(25-16-15-20-17-26-23-14-8-7-13-22(20)23)27(21-11-5-2-6-12-21)18-19-9-3-1-4-10-19/h1-14,17,26H,15-16,18H2,(H,25,28). The second-order valence-corrected chi connectivity index (χ2v) is 6.75. The van der Waals surface area contributed by atoms with Gasteiger partial charge >= 0.3 is 6.03 Å². The minimum absolute atomic E-state index is 0.0881. The summed E-state index contributed by atoms with van der Waals surface area (Å²) in [6.07, 6.45) is 2.81. The lowest BCUT2D eigenvalue weighted by atomic mass is 10.1. The first-order valence-electron chi connectivity index (χ1n) is 9.50. The van der Waals surface area contributed by atoms with Crippen molar-refractivity contribution in [1.29, 1.82) is 0 Å². The van der Waals surface area contributed by atoms with Crippen LogP contribution in [0.3, 0.4) is 0 Å². The van der Waals surface area contributed by atoms with E-state index < -0.39 is 0 Å². The summed E-state index contributed by atoms with van der Waals surface area (Å²) in [4.78, 5) is 18.0. The Bertz CT molecular complexity index is 1040. The van der Waals surface area contributed by atoms with Crippen molar-refractivity contribution in [2.75, 3.05) is 11.4 Å². The van der Waals surface area contributed by atoms with Crippen LogP contribution in [0.5, 0.6) is 0 Å². The normalized spacial score (nSPS) is 10.7. The molecule has 3 aromatic carbocycles. The number of amides is 2. The van der Waals surface area contributed by atoms with Crippen molar-refractivity contribution >= 4 is 22.6 Å². The Morgan fingerprint density at radius 3 is 2.32 bits per heavy atom. The number of hydrogen-bond donors (Lipinski definition) is 2. The van der Waals surface area contributed by atoms with E-state index in [0.717, 1.165) is 23.2 Å². The fourth-order valence-corrected chi connectivity index (χ4v) is 3.39. The number of H-pyrrole nitrogens is 1. The summed E-state index contributed by atoms with van der Waals surface area (Å²) in [7, 11) is 0. The molecule has 0 bridgehead atoms. The highest BCUT2D eigenvalue weighted by Gasteiger charge is 2.16. The molecule has 4 aromatic rings. The van der Waals surface area contributed by atoms with Crippen LogP contribution in [0.4, 0.5) is 10.5 Å². The molecule has 2 amide bonds. The Hall–Kier alpha value is -3.53. The van der Waals surface area contributed by atoms with E-state index in [1.165, 1.54) is 10.9 Å². The number of aromatic amines is 1. The van der Waals surface area contributed by atoms with Crippen molar-refractivity contribution < 1.29 is 4.79 Å². The number of para-hydroxylation sites is 2. The number of nitrogens with one attached hydrogen (secondary N) is 2. The molecule has 28 heavy (non-hydrogen) atoms. The Morgan fingerprint density at radius 1 is 0.857 bits per heavy atom. The second-order valence-electron chi connectivity index (χ2n) is 6.75. The van der Waals surface area contributed by atoms with Crippen molar-refractivity contribution in [1.82, 2.24) is 10.3 Å². The van der Waals surface area contributed by atoms with Gasteiger partial charge in [0.05, 0.1) is 6.54 Å². The number of benzene rings is 3. The molecular formula is C24H23N3O. The van der Waals surface area contributed by atoms with Gasteiger partial charge in [0.15, 0.2) is 0 Å². The lowest BCUT2D eigenvalue weighted by Crippen LogP contribution is -2.40. The topological polar surface area (TPSA) is 48.1 Å². The smallest absolute Gasteiger partial charge is 0.322 e. The molecule has 0 saturated carbocycles. The Kier molecular flexibility index (Phi) is 5.38. The summed E-state index contributed by atoms with van der Waals surface area (Å²) in [6, 6.07) is 28.0. The molecule has 0 radical (unpaired) electrons. The zero-order valence-electron chi connectivity index (χ0n) is 15.6. The third-order valence-electron chi connectivity index (χ3n) is 4.84. The molecule has 0 atom stereocenters. The minimum atomic E-state index is -0.0881. The number of anilines is 1. The third-order valence-corrected chi connectivity index (χ3v) is 4.84. The molecule has 0 aliphatic rings. The Labute approximate surface area is 164 Å². The maximum atomic E-state index is 12.9. The van der Waals surface area contributed by atoms with Gasteiger partial charge in [-0.1, -0.05) is 66.7 Å². The molecule has 4 heteroatoms. The molecule has 0 spiro atoms. The summed E-state index contributed by atoms with van der Waals surface area (Å²) in [5.74, 6) is 0. The van der Waals surface area contributed by atoms with Gasteiger partial charge in [0, 0.05) is 29.3 Å². The number of nitrogens with zero attached hydrogens (tertiary/aromatic N) is 1. The first-order chi connectivity index (χ1) is 13.8. The van der Waals surface area contributed by atoms with E-state index in [4.69, 9.17) is 0 Å². The molecule has 0 aliphatic carbocycles. The number of carbonyl (C=O) groups excluding carboxylic acids is 1. The van der Waals surface area contributed by atoms with Crippen molar-refractivity contribution in [2.24, 2.45) is 0 Å². The lowest BCUT2D eigenvalue weighted by molar-refractivity contribution is 0.246. The molecule has 4 nitrogen and oxygen atoms in total. The fourth-order valence-electron chi connectivity index (χ4n) is 3.39.